The third-order valence-electron chi connectivity index (χ3n) is 2.47. The van der Waals surface area contributed by atoms with Crippen molar-refractivity contribution in [2.24, 2.45) is 10.7 Å². The summed E-state index contributed by atoms with van der Waals surface area (Å²) in [6, 6.07) is 15.0. The van der Waals surface area contributed by atoms with Crippen LogP contribution in [0.25, 0.3) is 0 Å². The van der Waals surface area contributed by atoms with Crippen LogP contribution in [0.5, 0.6) is 0 Å². The van der Waals surface area contributed by atoms with E-state index in [1.165, 1.54) is 0 Å². The number of nitrogens with zero attached hydrogens (tertiary/aromatic N) is 1. The summed E-state index contributed by atoms with van der Waals surface area (Å²) in [4.78, 5) is 4.24. The van der Waals surface area contributed by atoms with Crippen LogP contribution >= 0.6 is 23.2 Å². The summed E-state index contributed by atoms with van der Waals surface area (Å²) in [5.74, 6) is 0.313. The van der Waals surface area contributed by atoms with Crippen LogP contribution in [0.2, 0.25) is 10.0 Å². The zero-order chi connectivity index (χ0) is 13.7. The standard InChI is InChI=1S/C14H13Cl2N3/c15-11-6-7-13(12(16)8-11)19-14(17)18-9-10-4-2-1-3-5-10/h1-8H,9H2,(H3,17,18,19). The Morgan fingerprint density at radius 3 is 2.53 bits per heavy atom. The first kappa shape index (κ1) is 13.7. The number of rotatable bonds is 3. The average molecular weight is 294 g/mol. The Labute approximate surface area is 122 Å². The van der Waals surface area contributed by atoms with Gasteiger partial charge in [-0.3, -0.25) is 0 Å². The van der Waals surface area contributed by atoms with Gasteiger partial charge in [0.05, 0.1) is 17.3 Å². The third kappa shape index (κ3) is 4.16. The van der Waals surface area contributed by atoms with Crippen LogP contribution in [0.3, 0.4) is 0 Å². The molecular formula is C14H13Cl2N3. The second kappa shape index (κ2) is 6.45. The maximum atomic E-state index is 6.03. The zero-order valence-electron chi connectivity index (χ0n) is 10.1. The van der Waals surface area contributed by atoms with E-state index in [4.69, 9.17) is 28.9 Å². The molecule has 2 aromatic carbocycles. The molecular weight excluding hydrogens is 281 g/mol. The largest absolute Gasteiger partial charge is 0.370 e. The monoisotopic (exact) mass is 293 g/mol. The predicted octanol–water partition coefficient (Wildman–Crippen LogP) is 3.92. The number of hydrogen-bond acceptors (Lipinski definition) is 1. The summed E-state index contributed by atoms with van der Waals surface area (Å²) in [5, 5.41) is 4.03. The second-order valence-electron chi connectivity index (χ2n) is 3.94. The topological polar surface area (TPSA) is 50.4 Å². The van der Waals surface area contributed by atoms with Crippen LogP contribution in [0.1, 0.15) is 5.56 Å². The first-order valence-electron chi connectivity index (χ1n) is 5.71. The quantitative estimate of drug-likeness (QED) is 0.666. The number of anilines is 1. The normalized spacial score (nSPS) is 11.4. The Kier molecular flexibility index (Phi) is 4.66. The van der Waals surface area contributed by atoms with Gasteiger partial charge in [0, 0.05) is 5.02 Å². The average Bonchev–Trinajstić information content (AvgIpc) is 2.41. The number of benzene rings is 2. The van der Waals surface area contributed by atoms with E-state index in [0.29, 0.717) is 28.2 Å². The SMILES string of the molecule is NC(=NCc1ccccc1)Nc1ccc(Cl)cc1Cl. The predicted molar refractivity (Wildman–Crippen MR) is 81.9 cm³/mol. The Balaban J connectivity index is 2.02. The number of nitrogens with one attached hydrogen (secondary N) is 1. The highest BCUT2D eigenvalue weighted by molar-refractivity contribution is 6.36. The lowest BCUT2D eigenvalue weighted by atomic mass is 10.2. The summed E-state index contributed by atoms with van der Waals surface area (Å²) >= 11 is 11.9. The first-order chi connectivity index (χ1) is 9.15. The lowest BCUT2D eigenvalue weighted by molar-refractivity contribution is 1.06. The highest BCUT2D eigenvalue weighted by atomic mass is 35.5. The first-order valence-corrected chi connectivity index (χ1v) is 6.46. The lowest BCUT2D eigenvalue weighted by Crippen LogP contribution is -2.22. The van der Waals surface area contributed by atoms with Crippen molar-refractivity contribution in [1.29, 1.82) is 0 Å². The van der Waals surface area contributed by atoms with Crippen LogP contribution in [0.15, 0.2) is 53.5 Å². The number of hydrogen-bond donors (Lipinski definition) is 2. The van der Waals surface area contributed by atoms with E-state index in [0.717, 1.165) is 5.56 Å². The smallest absolute Gasteiger partial charge is 0.193 e. The maximum absolute atomic E-state index is 6.03. The Morgan fingerprint density at radius 1 is 1.11 bits per heavy atom. The Bertz CT molecular complexity index is 582. The molecule has 3 N–H and O–H groups in total. The maximum Gasteiger partial charge on any atom is 0.193 e. The van der Waals surface area contributed by atoms with Crippen molar-refractivity contribution < 1.29 is 0 Å². The highest BCUT2D eigenvalue weighted by Gasteiger charge is 2.02. The van der Waals surface area contributed by atoms with E-state index < -0.39 is 0 Å². The number of nitrogens with two attached hydrogens (primary N) is 1. The molecule has 0 saturated heterocycles. The van der Waals surface area contributed by atoms with Gasteiger partial charge in [0.15, 0.2) is 5.96 Å². The fourth-order valence-electron chi connectivity index (χ4n) is 1.53. The van der Waals surface area contributed by atoms with Crippen LogP contribution < -0.4 is 11.1 Å². The van der Waals surface area contributed by atoms with Gasteiger partial charge in [-0.05, 0) is 23.8 Å². The van der Waals surface area contributed by atoms with Crippen LogP contribution in [0.4, 0.5) is 5.69 Å². The molecule has 0 aliphatic carbocycles. The molecule has 0 amide bonds. The number of guanidine groups is 1. The van der Waals surface area contributed by atoms with Gasteiger partial charge in [-0.2, -0.15) is 0 Å². The van der Waals surface area contributed by atoms with Crippen molar-refractivity contribution in [3.05, 3.63) is 64.1 Å². The molecule has 0 radical (unpaired) electrons. The van der Waals surface area contributed by atoms with E-state index in [9.17, 15) is 0 Å². The molecule has 0 aliphatic heterocycles. The van der Waals surface area contributed by atoms with E-state index in [2.05, 4.69) is 10.3 Å². The molecule has 0 unspecified atom stereocenters. The molecule has 0 heterocycles. The summed E-state index contributed by atoms with van der Waals surface area (Å²) in [7, 11) is 0. The molecule has 2 aromatic rings. The molecule has 2 rings (SSSR count). The van der Waals surface area contributed by atoms with E-state index in [1.807, 2.05) is 30.3 Å². The van der Waals surface area contributed by atoms with E-state index in [1.54, 1.807) is 18.2 Å². The van der Waals surface area contributed by atoms with Crippen molar-refractivity contribution in [3.63, 3.8) is 0 Å². The Hall–Kier alpha value is -1.71. The van der Waals surface area contributed by atoms with Crippen molar-refractivity contribution in [1.82, 2.24) is 0 Å². The van der Waals surface area contributed by atoms with Crippen LogP contribution in [0, 0.1) is 0 Å². The van der Waals surface area contributed by atoms with Gasteiger partial charge in [0.1, 0.15) is 0 Å². The number of aliphatic imine (C=N–C) groups is 1. The molecule has 98 valence electrons. The molecule has 5 heteroatoms. The molecule has 0 aliphatic rings. The van der Waals surface area contributed by atoms with Gasteiger partial charge < -0.3 is 11.1 Å². The van der Waals surface area contributed by atoms with Gasteiger partial charge >= 0.3 is 0 Å². The van der Waals surface area contributed by atoms with Crippen molar-refractivity contribution in [2.75, 3.05) is 5.32 Å². The van der Waals surface area contributed by atoms with E-state index >= 15 is 0 Å². The molecule has 0 bridgehead atoms. The molecule has 0 fully saturated rings. The summed E-state index contributed by atoms with van der Waals surface area (Å²) in [6.45, 7) is 0.519. The van der Waals surface area contributed by atoms with Crippen LogP contribution in [-0.4, -0.2) is 5.96 Å². The van der Waals surface area contributed by atoms with Crippen molar-refractivity contribution in [2.45, 2.75) is 6.54 Å². The van der Waals surface area contributed by atoms with Gasteiger partial charge in [0.2, 0.25) is 0 Å². The van der Waals surface area contributed by atoms with Crippen molar-refractivity contribution >= 4 is 34.8 Å². The molecule has 0 saturated carbocycles. The van der Waals surface area contributed by atoms with Gasteiger partial charge in [-0.1, -0.05) is 53.5 Å². The van der Waals surface area contributed by atoms with Gasteiger partial charge in [-0.25, -0.2) is 4.99 Å². The molecule has 0 aromatic heterocycles. The summed E-state index contributed by atoms with van der Waals surface area (Å²) < 4.78 is 0. The van der Waals surface area contributed by atoms with Crippen molar-refractivity contribution in [3.8, 4) is 0 Å². The minimum absolute atomic E-state index is 0.313. The second-order valence-corrected chi connectivity index (χ2v) is 4.78. The molecule has 3 nitrogen and oxygen atoms in total. The molecule has 0 atom stereocenters. The fraction of sp³-hybridized carbons (Fsp3) is 0.0714. The zero-order valence-corrected chi connectivity index (χ0v) is 11.6. The third-order valence-corrected chi connectivity index (χ3v) is 3.02. The van der Waals surface area contributed by atoms with Gasteiger partial charge in [-0.15, -0.1) is 0 Å². The Morgan fingerprint density at radius 2 is 1.84 bits per heavy atom. The summed E-state index contributed by atoms with van der Waals surface area (Å²) in [5.41, 5.74) is 7.58. The fourth-order valence-corrected chi connectivity index (χ4v) is 1.98. The number of halogens is 2. The molecule has 19 heavy (non-hydrogen) atoms. The molecule has 0 spiro atoms. The highest BCUT2D eigenvalue weighted by Crippen LogP contribution is 2.25. The van der Waals surface area contributed by atoms with Crippen LogP contribution in [-0.2, 0) is 6.54 Å². The van der Waals surface area contributed by atoms with Gasteiger partial charge in [0.25, 0.3) is 0 Å². The minimum atomic E-state index is 0.313. The minimum Gasteiger partial charge on any atom is -0.370 e. The lowest BCUT2D eigenvalue weighted by Gasteiger charge is -2.07. The summed E-state index contributed by atoms with van der Waals surface area (Å²) in [6.07, 6.45) is 0. The van der Waals surface area contributed by atoms with E-state index in [-0.39, 0.29) is 0 Å².